The molecule has 0 aliphatic rings. The number of aliphatic carboxylic acids is 1. The number of carbonyl (C=O) groups excluding carboxylic acids is 2. The molecule has 7 heteroatoms. The van der Waals surface area contributed by atoms with Crippen molar-refractivity contribution in [2.75, 3.05) is 6.54 Å². The van der Waals surface area contributed by atoms with Crippen LogP contribution < -0.4 is 10.6 Å². The largest absolute Gasteiger partial charge is 0.478 e. The molecule has 3 N–H and O–H groups in total. The quantitative estimate of drug-likeness (QED) is 0.659. The number of nitrogens with one attached hydrogen (secondary N) is 2. The van der Waals surface area contributed by atoms with E-state index in [0.29, 0.717) is 12.1 Å². The molecule has 21 heavy (non-hydrogen) atoms. The lowest BCUT2D eigenvalue weighted by atomic mass is 10.2. The van der Waals surface area contributed by atoms with E-state index in [9.17, 15) is 14.4 Å². The van der Waals surface area contributed by atoms with Crippen LogP contribution in [0.2, 0.25) is 0 Å². The second-order valence-electron chi connectivity index (χ2n) is 4.24. The fourth-order valence-corrected chi connectivity index (χ4v) is 1.47. The number of carboxylic acid groups (broad SMARTS) is 1. The molecule has 0 bridgehead atoms. The molecule has 0 saturated heterocycles. The monoisotopic (exact) mass is 291 g/mol. The standard InChI is InChI=1S/C14H17N3O4/c1-3-15-13(20)9(2)17-14(21)11-6-4-10(8-16-11)5-7-12(18)19/h4-9H,3H2,1-2H3,(H,15,20)(H,17,21)(H,18,19). The number of rotatable bonds is 6. The van der Waals surface area contributed by atoms with Gasteiger partial charge < -0.3 is 15.7 Å². The second kappa shape index (κ2) is 7.78. The third kappa shape index (κ3) is 5.43. The molecule has 112 valence electrons. The molecular formula is C14H17N3O4. The van der Waals surface area contributed by atoms with Gasteiger partial charge in [0.25, 0.3) is 5.91 Å². The number of carbonyl (C=O) groups is 3. The number of pyridine rings is 1. The zero-order valence-corrected chi connectivity index (χ0v) is 11.8. The summed E-state index contributed by atoms with van der Waals surface area (Å²) in [5.41, 5.74) is 0.712. The minimum absolute atomic E-state index is 0.152. The van der Waals surface area contributed by atoms with Gasteiger partial charge in [-0.1, -0.05) is 6.07 Å². The summed E-state index contributed by atoms with van der Waals surface area (Å²) in [6.07, 6.45) is 3.73. The first-order valence-electron chi connectivity index (χ1n) is 6.39. The Bertz CT molecular complexity index is 552. The first-order chi connectivity index (χ1) is 9.93. The Morgan fingerprint density at radius 1 is 1.38 bits per heavy atom. The average molecular weight is 291 g/mol. The van der Waals surface area contributed by atoms with Gasteiger partial charge in [-0.2, -0.15) is 0 Å². The highest BCUT2D eigenvalue weighted by Gasteiger charge is 2.16. The molecule has 0 aliphatic carbocycles. The van der Waals surface area contributed by atoms with E-state index in [1.54, 1.807) is 19.9 Å². The third-order valence-electron chi connectivity index (χ3n) is 2.53. The highest BCUT2D eigenvalue weighted by molar-refractivity contribution is 5.96. The third-order valence-corrected chi connectivity index (χ3v) is 2.53. The van der Waals surface area contributed by atoms with E-state index in [2.05, 4.69) is 15.6 Å². The van der Waals surface area contributed by atoms with Crippen LogP contribution >= 0.6 is 0 Å². The van der Waals surface area contributed by atoms with Gasteiger partial charge in [-0.25, -0.2) is 4.79 Å². The molecule has 1 heterocycles. The molecule has 0 spiro atoms. The summed E-state index contributed by atoms with van der Waals surface area (Å²) in [6.45, 7) is 3.85. The van der Waals surface area contributed by atoms with E-state index in [1.165, 1.54) is 18.3 Å². The molecule has 1 aromatic rings. The Balaban J connectivity index is 2.67. The average Bonchev–Trinajstić information content (AvgIpc) is 2.45. The van der Waals surface area contributed by atoms with Crippen molar-refractivity contribution in [1.29, 1.82) is 0 Å². The maximum atomic E-state index is 11.9. The van der Waals surface area contributed by atoms with E-state index in [-0.39, 0.29) is 11.6 Å². The van der Waals surface area contributed by atoms with Gasteiger partial charge in [0.05, 0.1) is 0 Å². The zero-order chi connectivity index (χ0) is 15.8. The van der Waals surface area contributed by atoms with Crippen molar-refractivity contribution in [3.63, 3.8) is 0 Å². The van der Waals surface area contributed by atoms with Gasteiger partial charge in [0, 0.05) is 18.8 Å². The number of nitrogens with zero attached hydrogens (tertiary/aromatic N) is 1. The van der Waals surface area contributed by atoms with Crippen LogP contribution in [0.3, 0.4) is 0 Å². The first kappa shape index (κ1) is 16.4. The van der Waals surface area contributed by atoms with Crippen molar-refractivity contribution in [2.45, 2.75) is 19.9 Å². The first-order valence-corrected chi connectivity index (χ1v) is 6.39. The van der Waals surface area contributed by atoms with Crippen LogP contribution in [0, 0.1) is 0 Å². The van der Waals surface area contributed by atoms with Crippen LogP contribution in [0.1, 0.15) is 29.9 Å². The van der Waals surface area contributed by atoms with Gasteiger partial charge in [-0.3, -0.25) is 14.6 Å². The van der Waals surface area contributed by atoms with Gasteiger partial charge in [0.1, 0.15) is 11.7 Å². The van der Waals surface area contributed by atoms with Crippen LogP contribution in [-0.4, -0.2) is 40.5 Å². The lowest BCUT2D eigenvalue weighted by Crippen LogP contribution is -2.44. The minimum atomic E-state index is -1.06. The van der Waals surface area contributed by atoms with E-state index >= 15 is 0 Å². The highest BCUT2D eigenvalue weighted by Crippen LogP contribution is 2.03. The molecule has 7 nitrogen and oxygen atoms in total. The molecule has 1 aromatic heterocycles. The molecule has 1 unspecified atom stereocenters. The van der Waals surface area contributed by atoms with Gasteiger partial charge in [0.15, 0.2) is 0 Å². The van der Waals surface area contributed by atoms with Crippen LogP contribution in [0.15, 0.2) is 24.4 Å². The summed E-state index contributed by atoms with van der Waals surface area (Å²) in [4.78, 5) is 37.7. The maximum Gasteiger partial charge on any atom is 0.328 e. The Morgan fingerprint density at radius 3 is 2.62 bits per heavy atom. The SMILES string of the molecule is CCNC(=O)C(C)NC(=O)c1ccc(C=CC(=O)O)cn1. The van der Waals surface area contributed by atoms with Crippen molar-refractivity contribution in [3.05, 3.63) is 35.7 Å². The Labute approximate surface area is 122 Å². The number of aromatic nitrogens is 1. The molecule has 1 atom stereocenters. The summed E-state index contributed by atoms with van der Waals surface area (Å²) in [7, 11) is 0. The Kier molecular flexibility index (Phi) is 6.06. The van der Waals surface area contributed by atoms with Crippen molar-refractivity contribution < 1.29 is 19.5 Å². The molecule has 0 aromatic carbocycles. The Hall–Kier alpha value is -2.70. The van der Waals surface area contributed by atoms with E-state index in [0.717, 1.165) is 6.08 Å². The molecule has 0 radical (unpaired) electrons. The van der Waals surface area contributed by atoms with Crippen molar-refractivity contribution in [3.8, 4) is 0 Å². The fraction of sp³-hybridized carbons (Fsp3) is 0.286. The van der Waals surface area contributed by atoms with Gasteiger partial charge in [-0.15, -0.1) is 0 Å². The fourth-order valence-electron chi connectivity index (χ4n) is 1.47. The molecule has 0 saturated carbocycles. The van der Waals surface area contributed by atoms with Gasteiger partial charge in [0.2, 0.25) is 5.91 Å². The van der Waals surface area contributed by atoms with Crippen molar-refractivity contribution >= 4 is 23.9 Å². The van der Waals surface area contributed by atoms with Crippen molar-refractivity contribution in [1.82, 2.24) is 15.6 Å². The summed E-state index contributed by atoms with van der Waals surface area (Å²) in [6, 6.07) is 2.37. The normalized spacial score (nSPS) is 11.9. The van der Waals surface area contributed by atoms with E-state index in [4.69, 9.17) is 5.11 Å². The van der Waals surface area contributed by atoms with E-state index < -0.39 is 17.9 Å². The van der Waals surface area contributed by atoms with Crippen LogP contribution in [0.4, 0.5) is 0 Å². The van der Waals surface area contributed by atoms with Crippen LogP contribution in [0.5, 0.6) is 0 Å². The lowest BCUT2D eigenvalue weighted by Gasteiger charge is -2.12. The summed E-state index contributed by atoms with van der Waals surface area (Å²) < 4.78 is 0. The molecule has 2 amide bonds. The number of amides is 2. The summed E-state index contributed by atoms with van der Waals surface area (Å²) >= 11 is 0. The number of carboxylic acids is 1. The van der Waals surface area contributed by atoms with Crippen molar-refractivity contribution in [2.24, 2.45) is 0 Å². The predicted molar refractivity (Wildman–Crippen MR) is 76.5 cm³/mol. The Morgan fingerprint density at radius 2 is 2.10 bits per heavy atom. The molecule has 0 fully saturated rings. The minimum Gasteiger partial charge on any atom is -0.478 e. The highest BCUT2D eigenvalue weighted by atomic mass is 16.4. The second-order valence-corrected chi connectivity index (χ2v) is 4.24. The van der Waals surface area contributed by atoms with E-state index in [1.807, 2.05) is 0 Å². The van der Waals surface area contributed by atoms with Gasteiger partial charge >= 0.3 is 5.97 Å². The number of hydrogen-bond donors (Lipinski definition) is 3. The topological polar surface area (TPSA) is 108 Å². The number of hydrogen-bond acceptors (Lipinski definition) is 4. The molecule has 0 aliphatic heterocycles. The van der Waals surface area contributed by atoms with Crippen LogP contribution in [0.25, 0.3) is 6.08 Å². The summed E-state index contributed by atoms with van der Waals surface area (Å²) in [5.74, 6) is -1.80. The lowest BCUT2D eigenvalue weighted by molar-refractivity contribution is -0.131. The smallest absolute Gasteiger partial charge is 0.328 e. The van der Waals surface area contributed by atoms with Gasteiger partial charge in [-0.05, 0) is 31.6 Å². The van der Waals surface area contributed by atoms with Crippen LogP contribution in [-0.2, 0) is 9.59 Å². The molecular weight excluding hydrogens is 274 g/mol. The zero-order valence-electron chi connectivity index (χ0n) is 11.8. The molecule has 1 rings (SSSR count). The number of likely N-dealkylation sites (N-methyl/N-ethyl adjacent to an activating group) is 1. The summed E-state index contributed by atoms with van der Waals surface area (Å²) in [5, 5.41) is 13.6. The predicted octanol–water partition coefficient (Wildman–Crippen LogP) is 0.434. The maximum absolute atomic E-state index is 11.9.